The molecule has 0 aliphatic rings. The van der Waals surface area contributed by atoms with Crippen LogP contribution in [0.25, 0.3) is 0 Å². The molecule has 0 radical (unpaired) electrons. The molecule has 0 saturated carbocycles. The summed E-state index contributed by atoms with van der Waals surface area (Å²) in [5.41, 5.74) is 5.33. The smallest absolute Gasteiger partial charge is 0.334 e. The lowest BCUT2D eigenvalue weighted by molar-refractivity contribution is -0.384. The predicted molar refractivity (Wildman–Crippen MR) is 107 cm³/mol. The third kappa shape index (κ3) is 4.44. The van der Waals surface area contributed by atoms with Gasteiger partial charge in [0.25, 0.3) is 11.6 Å². The molecule has 0 unspecified atom stereocenters. The zero-order valence-corrected chi connectivity index (χ0v) is 15.5. The molecule has 1 amide bonds. The Hall–Kier alpha value is -4.61. The predicted octanol–water partition coefficient (Wildman–Crippen LogP) is 3.10. The van der Waals surface area contributed by atoms with E-state index in [1.807, 2.05) is 19.1 Å². The second kappa shape index (κ2) is 8.60. The Morgan fingerprint density at radius 2 is 1.70 bits per heavy atom. The van der Waals surface area contributed by atoms with Crippen molar-refractivity contribution in [2.75, 3.05) is 10.7 Å². The largest absolute Gasteiger partial charge is 0.355 e. The lowest BCUT2D eigenvalue weighted by Crippen LogP contribution is -2.30. The van der Waals surface area contributed by atoms with Crippen LogP contribution in [0.5, 0.6) is 0 Å². The van der Waals surface area contributed by atoms with E-state index in [0.29, 0.717) is 5.69 Å². The van der Waals surface area contributed by atoms with Crippen LogP contribution in [0.2, 0.25) is 0 Å². The molecule has 0 atom stereocenters. The van der Waals surface area contributed by atoms with Gasteiger partial charge in [0, 0.05) is 23.4 Å². The summed E-state index contributed by atoms with van der Waals surface area (Å²) in [4.78, 5) is 41.1. The van der Waals surface area contributed by atoms with Gasteiger partial charge in [-0.3, -0.25) is 35.9 Å². The van der Waals surface area contributed by atoms with Crippen molar-refractivity contribution in [3.63, 3.8) is 0 Å². The minimum atomic E-state index is -0.736. The number of nitro groups is 2. The zero-order valence-electron chi connectivity index (χ0n) is 15.5. The Balaban J connectivity index is 1.83. The van der Waals surface area contributed by atoms with E-state index < -0.39 is 21.4 Å². The number of benzene rings is 2. The number of nitrogens with one attached hydrogen (secondary N) is 3. The molecule has 0 aliphatic carbocycles. The van der Waals surface area contributed by atoms with Crippen LogP contribution in [0.4, 0.5) is 28.7 Å². The van der Waals surface area contributed by atoms with E-state index in [4.69, 9.17) is 0 Å². The first kappa shape index (κ1) is 20.1. The maximum Gasteiger partial charge on any atom is 0.355 e. The van der Waals surface area contributed by atoms with Gasteiger partial charge in [-0.05, 0) is 24.6 Å². The van der Waals surface area contributed by atoms with Gasteiger partial charge in [-0.15, -0.1) is 0 Å². The quantitative estimate of drug-likeness (QED) is 0.392. The molecule has 0 aliphatic heterocycles. The molecule has 3 aromatic rings. The van der Waals surface area contributed by atoms with Gasteiger partial charge in [0.1, 0.15) is 6.33 Å². The summed E-state index contributed by atoms with van der Waals surface area (Å²) in [6.45, 7) is 1.83. The van der Waals surface area contributed by atoms with E-state index in [2.05, 4.69) is 26.1 Å². The number of nitrogens with zero attached hydrogens (tertiary/aromatic N) is 4. The van der Waals surface area contributed by atoms with Crippen molar-refractivity contribution in [1.29, 1.82) is 0 Å². The molecule has 1 aromatic heterocycles. The van der Waals surface area contributed by atoms with Crippen molar-refractivity contribution in [3.05, 3.63) is 86.2 Å². The van der Waals surface area contributed by atoms with E-state index in [9.17, 15) is 25.0 Å². The Morgan fingerprint density at radius 1 is 0.967 bits per heavy atom. The number of carbonyl (C=O) groups is 1. The first-order valence-electron chi connectivity index (χ1n) is 8.49. The summed E-state index contributed by atoms with van der Waals surface area (Å²) in [5.74, 6) is -1.07. The number of nitro benzene ring substituents is 1. The molecule has 3 N–H and O–H groups in total. The Kier molecular flexibility index (Phi) is 5.77. The van der Waals surface area contributed by atoms with Crippen LogP contribution in [-0.2, 0) is 0 Å². The lowest BCUT2D eigenvalue weighted by Gasteiger charge is -2.12. The highest BCUT2D eigenvalue weighted by Gasteiger charge is 2.24. The molecule has 2 aromatic carbocycles. The average molecular weight is 409 g/mol. The lowest BCUT2D eigenvalue weighted by atomic mass is 10.2. The second-order valence-electron chi connectivity index (χ2n) is 6.00. The Morgan fingerprint density at radius 3 is 2.40 bits per heavy atom. The number of aryl methyl sites for hydroxylation is 1. The van der Waals surface area contributed by atoms with Gasteiger partial charge in [0.15, 0.2) is 0 Å². The number of hydrogen-bond donors (Lipinski definition) is 3. The highest BCUT2D eigenvalue weighted by atomic mass is 16.6. The minimum Gasteiger partial charge on any atom is -0.334 e. The Labute approximate surface area is 169 Å². The number of carbonyl (C=O) groups excluding carboxylic acids is 1. The van der Waals surface area contributed by atoms with Gasteiger partial charge in [-0.1, -0.05) is 24.3 Å². The summed E-state index contributed by atoms with van der Waals surface area (Å²) in [6, 6.07) is 12.2. The summed E-state index contributed by atoms with van der Waals surface area (Å²) in [5, 5.41) is 25.3. The normalized spacial score (nSPS) is 10.2. The third-order valence-corrected chi connectivity index (χ3v) is 4.02. The number of non-ortho nitro benzene ring substituents is 1. The van der Waals surface area contributed by atoms with E-state index in [-0.39, 0.29) is 22.9 Å². The fraction of sp³-hybridized carbons (Fsp3) is 0.0556. The van der Waals surface area contributed by atoms with Crippen molar-refractivity contribution in [3.8, 4) is 0 Å². The van der Waals surface area contributed by atoms with Crippen molar-refractivity contribution < 1.29 is 14.6 Å². The molecular formula is C18H15N7O5. The molecule has 1 heterocycles. The maximum atomic E-state index is 12.3. The zero-order chi connectivity index (χ0) is 21.7. The molecule has 0 spiro atoms. The Bertz CT molecular complexity index is 1140. The van der Waals surface area contributed by atoms with Crippen LogP contribution in [-0.4, -0.2) is 25.7 Å². The first-order chi connectivity index (χ1) is 14.4. The van der Waals surface area contributed by atoms with Gasteiger partial charge < -0.3 is 5.32 Å². The fourth-order valence-electron chi connectivity index (χ4n) is 2.52. The van der Waals surface area contributed by atoms with Crippen LogP contribution < -0.4 is 16.2 Å². The van der Waals surface area contributed by atoms with Gasteiger partial charge in [-0.2, -0.15) is 0 Å². The maximum absolute atomic E-state index is 12.3. The molecule has 0 saturated heterocycles. The van der Waals surface area contributed by atoms with E-state index >= 15 is 0 Å². The van der Waals surface area contributed by atoms with Crippen molar-refractivity contribution in [2.45, 2.75) is 6.92 Å². The number of hydrazine groups is 1. The van der Waals surface area contributed by atoms with Gasteiger partial charge >= 0.3 is 5.69 Å². The number of anilines is 3. The highest BCUT2D eigenvalue weighted by Crippen LogP contribution is 2.31. The molecule has 0 fully saturated rings. The molecule has 12 nitrogen and oxygen atoms in total. The molecular weight excluding hydrogens is 394 g/mol. The summed E-state index contributed by atoms with van der Waals surface area (Å²) >= 11 is 0. The number of rotatable bonds is 7. The monoisotopic (exact) mass is 409 g/mol. The van der Waals surface area contributed by atoms with E-state index in [0.717, 1.165) is 18.0 Å². The first-order valence-corrected chi connectivity index (χ1v) is 8.49. The molecule has 30 heavy (non-hydrogen) atoms. The van der Waals surface area contributed by atoms with Crippen LogP contribution in [0.1, 0.15) is 15.9 Å². The van der Waals surface area contributed by atoms with Crippen LogP contribution in [0.15, 0.2) is 54.9 Å². The topological polar surface area (TPSA) is 165 Å². The van der Waals surface area contributed by atoms with Crippen LogP contribution >= 0.6 is 0 Å². The van der Waals surface area contributed by atoms with Gasteiger partial charge in [0.05, 0.1) is 9.85 Å². The van der Waals surface area contributed by atoms with Gasteiger partial charge in [0.2, 0.25) is 11.6 Å². The second-order valence-corrected chi connectivity index (χ2v) is 6.00. The van der Waals surface area contributed by atoms with E-state index in [1.165, 1.54) is 18.2 Å². The summed E-state index contributed by atoms with van der Waals surface area (Å²) < 4.78 is 0. The average Bonchev–Trinajstić information content (AvgIpc) is 2.73. The standard InChI is InChI=1S/C18H15N7O5/c1-11-5-2-3-8-14(11)21-16-15(25(29)30)17(20-10-19-16)22-23-18(26)12-6-4-7-13(9-12)24(27)28/h2-10H,1H3,(H,23,26)(H2,19,20,21,22). The molecule has 12 heteroatoms. The molecule has 152 valence electrons. The van der Waals surface area contributed by atoms with Crippen LogP contribution in [0, 0.1) is 27.2 Å². The third-order valence-electron chi connectivity index (χ3n) is 4.02. The SMILES string of the molecule is Cc1ccccc1Nc1ncnc(NNC(=O)c2cccc([N+](=O)[O-])c2)c1[N+](=O)[O-]. The van der Waals surface area contributed by atoms with Crippen molar-refractivity contribution in [2.24, 2.45) is 0 Å². The summed E-state index contributed by atoms with van der Waals surface area (Å²) in [6.07, 6.45) is 1.09. The van der Waals surface area contributed by atoms with Crippen LogP contribution in [0.3, 0.4) is 0 Å². The fourth-order valence-corrected chi connectivity index (χ4v) is 2.52. The molecule has 3 rings (SSSR count). The van der Waals surface area contributed by atoms with Gasteiger partial charge in [-0.25, -0.2) is 9.97 Å². The van der Waals surface area contributed by atoms with Crippen molar-refractivity contribution >= 4 is 34.6 Å². The summed E-state index contributed by atoms with van der Waals surface area (Å²) in [7, 11) is 0. The number of hydrogen-bond acceptors (Lipinski definition) is 9. The highest BCUT2D eigenvalue weighted by molar-refractivity contribution is 5.95. The number of para-hydroxylation sites is 1. The number of aromatic nitrogens is 2. The minimum absolute atomic E-state index is 0.00771. The van der Waals surface area contributed by atoms with E-state index in [1.54, 1.807) is 12.1 Å². The molecule has 0 bridgehead atoms. The number of amides is 1. The van der Waals surface area contributed by atoms with Crippen molar-refractivity contribution in [1.82, 2.24) is 15.4 Å².